The van der Waals surface area contributed by atoms with Crippen molar-refractivity contribution >= 4 is 65.4 Å². The van der Waals surface area contributed by atoms with Crippen molar-refractivity contribution in [1.82, 2.24) is 0 Å². The fourth-order valence-electron chi connectivity index (χ4n) is 3.80. The van der Waals surface area contributed by atoms with Gasteiger partial charge in [0, 0.05) is 14.3 Å². The molecule has 5 rings (SSSR count). The van der Waals surface area contributed by atoms with Crippen molar-refractivity contribution in [2.45, 2.75) is 0 Å². The van der Waals surface area contributed by atoms with Gasteiger partial charge in [-0.15, -0.1) is 0 Å². The van der Waals surface area contributed by atoms with Gasteiger partial charge in [0.15, 0.2) is 0 Å². The van der Waals surface area contributed by atoms with Crippen LogP contribution in [0, 0.1) is 0 Å². The summed E-state index contributed by atoms with van der Waals surface area (Å²) < 4.78 is 2.18. The fraction of sp³-hybridized carbons (Fsp3) is 0.0435. The third-order valence-electron chi connectivity index (χ3n) is 5.01. The van der Waals surface area contributed by atoms with E-state index in [-0.39, 0.29) is 0 Å². The summed E-state index contributed by atoms with van der Waals surface area (Å²) in [6.07, 6.45) is 0. The lowest BCUT2D eigenvalue weighted by Gasteiger charge is -2.40. The summed E-state index contributed by atoms with van der Waals surface area (Å²) in [5.74, 6) is 0. The van der Waals surface area contributed by atoms with Crippen LogP contribution in [0.25, 0.3) is 10.8 Å². The molecule has 4 aromatic carbocycles. The lowest BCUT2D eigenvalue weighted by molar-refractivity contribution is 0.913. The Morgan fingerprint density at radius 1 is 0.519 bits per heavy atom. The van der Waals surface area contributed by atoms with Crippen LogP contribution in [0.4, 0.5) is 22.7 Å². The first-order chi connectivity index (χ1) is 13.2. The van der Waals surface area contributed by atoms with Gasteiger partial charge in [-0.2, -0.15) is 0 Å². The van der Waals surface area contributed by atoms with E-state index in [1.165, 1.54) is 22.1 Å². The van der Waals surface area contributed by atoms with Gasteiger partial charge in [0.25, 0.3) is 0 Å². The third kappa shape index (κ3) is 2.75. The van der Waals surface area contributed by atoms with E-state index in [1.54, 1.807) is 0 Å². The fourth-order valence-corrected chi connectivity index (χ4v) is 4.80. The van der Waals surface area contributed by atoms with Crippen LogP contribution in [-0.2, 0) is 0 Å². The van der Waals surface area contributed by atoms with Gasteiger partial charge in [-0.05, 0) is 73.6 Å². The number of nitrogens with zero attached hydrogens (tertiary/aromatic N) is 2. The molecular formula is C23H16Br2N2. The molecular weight excluding hydrogens is 464 g/mol. The number of para-hydroxylation sites is 2. The smallest absolute Gasteiger partial charge is 0.100 e. The van der Waals surface area contributed by atoms with Gasteiger partial charge in [-0.25, -0.2) is 0 Å². The van der Waals surface area contributed by atoms with Gasteiger partial charge < -0.3 is 9.80 Å². The summed E-state index contributed by atoms with van der Waals surface area (Å²) in [7, 11) is 0. The van der Waals surface area contributed by atoms with E-state index in [2.05, 4.69) is 127 Å². The zero-order chi connectivity index (χ0) is 18.4. The normalized spacial score (nSPS) is 13.3. The largest absolute Gasteiger partial charge is 0.321 e. The van der Waals surface area contributed by atoms with Gasteiger partial charge in [-0.1, -0.05) is 48.5 Å². The molecule has 0 radical (unpaired) electrons. The Morgan fingerprint density at radius 3 is 1.44 bits per heavy atom. The molecule has 0 fully saturated rings. The Labute approximate surface area is 175 Å². The minimum Gasteiger partial charge on any atom is -0.321 e. The summed E-state index contributed by atoms with van der Waals surface area (Å²) >= 11 is 7.48. The zero-order valence-corrected chi connectivity index (χ0v) is 17.6. The van der Waals surface area contributed by atoms with E-state index in [4.69, 9.17) is 0 Å². The molecule has 27 heavy (non-hydrogen) atoms. The standard InChI is InChI=1S/C23H16Br2N2/c24-17-9-1-3-11-19(17)26-15-27(20-12-4-2-10-18(20)25)22-14-6-8-16-7-5-13-21(26)23(16)22/h1-14H,15H2. The molecule has 0 amide bonds. The highest BCUT2D eigenvalue weighted by Crippen LogP contribution is 2.47. The van der Waals surface area contributed by atoms with Crippen molar-refractivity contribution in [3.63, 3.8) is 0 Å². The Kier molecular flexibility index (Phi) is 4.18. The van der Waals surface area contributed by atoms with Crippen LogP contribution in [-0.4, -0.2) is 6.67 Å². The third-order valence-corrected chi connectivity index (χ3v) is 6.35. The molecule has 2 nitrogen and oxygen atoms in total. The van der Waals surface area contributed by atoms with Crippen LogP contribution in [0.15, 0.2) is 93.9 Å². The maximum atomic E-state index is 3.74. The molecule has 0 saturated heterocycles. The monoisotopic (exact) mass is 478 g/mol. The number of hydrogen-bond acceptors (Lipinski definition) is 2. The zero-order valence-electron chi connectivity index (χ0n) is 14.4. The Bertz CT molecular complexity index is 1070. The predicted octanol–water partition coefficient (Wildman–Crippen LogP) is 7.61. The molecule has 0 N–H and O–H groups in total. The van der Waals surface area contributed by atoms with Crippen LogP contribution >= 0.6 is 31.9 Å². The van der Waals surface area contributed by atoms with Crippen molar-refractivity contribution in [3.05, 3.63) is 93.9 Å². The maximum Gasteiger partial charge on any atom is 0.100 e. The number of hydrogen-bond donors (Lipinski definition) is 0. The number of benzene rings is 4. The SMILES string of the molecule is Brc1ccccc1N1CN(c2ccccc2Br)c2cccc3cccc1c23. The summed E-state index contributed by atoms with van der Waals surface area (Å²) in [5, 5.41) is 2.52. The molecule has 1 heterocycles. The first kappa shape index (κ1) is 16.8. The Balaban J connectivity index is 1.81. The van der Waals surface area contributed by atoms with Gasteiger partial charge >= 0.3 is 0 Å². The molecule has 0 aliphatic carbocycles. The molecule has 0 spiro atoms. The minimum atomic E-state index is 0.737. The second-order valence-electron chi connectivity index (χ2n) is 6.55. The second kappa shape index (κ2) is 6.70. The van der Waals surface area contributed by atoms with E-state index in [1.807, 2.05) is 0 Å². The van der Waals surface area contributed by atoms with Gasteiger partial charge in [0.05, 0.1) is 22.7 Å². The molecule has 0 saturated carbocycles. The van der Waals surface area contributed by atoms with Crippen molar-refractivity contribution < 1.29 is 0 Å². The van der Waals surface area contributed by atoms with Crippen LogP contribution in [0.3, 0.4) is 0 Å². The van der Waals surface area contributed by atoms with Crippen molar-refractivity contribution in [3.8, 4) is 0 Å². The lowest BCUT2D eigenvalue weighted by atomic mass is 10.0. The van der Waals surface area contributed by atoms with E-state index >= 15 is 0 Å². The average molecular weight is 480 g/mol. The van der Waals surface area contributed by atoms with Crippen LogP contribution in [0.5, 0.6) is 0 Å². The molecule has 4 aromatic rings. The van der Waals surface area contributed by atoms with Gasteiger partial charge in [0.1, 0.15) is 6.67 Å². The number of rotatable bonds is 2. The topological polar surface area (TPSA) is 6.48 Å². The summed E-state index contributed by atoms with van der Waals surface area (Å²) in [6.45, 7) is 0.737. The van der Waals surface area contributed by atoms with Crippen molar-refractivity contribution in [2.24, 2.45) is 0 Å². The molecule has 0 atom stereocenters. The predicted molar refractivity (Wildman–Crippen MR) is 121 cm³/mol. The summed E-state index contributed by atoms with van der Waals surface area (Å²) in [4.78, 5) is 4.75. The number of anilines is 4. The summed E-state index contributed by atoms with van der Waals surface area (Å²) in [5.41, 5.74) is 4.80. The minimum absolute atomic E-state index is 0.737. The van der Waals surface area contributed by atoms with E-state index < -0.39 is 0 Å². The number of halogens is 2. The van der Waals surface area contributed by atoms with E-state index in [9.17, 15) is 0 Å². The Morgan fingerprint density at radius 2 is 0.963 bits per heavy atom. The molecule has 132 valence electrons. The summed E-state index contributed by atoms with van der Waals surface area (Å²) in [6, 6.07) is 29.9. The van der Waals surface area contributed by atoms with Crippen molar-refractivity contribution in [2.75, 3.05) is 16.5 Å². The lowest BCUT2D eigenvalue weighted by Crippen LogP contribution is -2.36. The quantitative estimate of drug-likeness (QED) is 0.292. The molecule has 0 bridgehead atoms. The maximum absolute atomic E-state index is 3.74. The average Bonchev–Trinajstić information content (AvgIpc) is 2.70. The van der Waals surface area contributed by atoms with Crippen molar-refractivity contribution in [1.29, 1.82) is 0 Å². The van der Waals surface area contributed by atoms with Crippen LogP contribution in [0.1, 0.15) is 0 Å². The first-order valence-electron chi connectivity index (χ1n) is 8.80. The highest BCUT2D eigenvalue weighted by molar-refractivity contribution is 9.11. The Hall–Kier alpha value is -2.30. The molecule has 0 aromatic heterocycles. The highest BCUT2D eigenvalue weighted by atomic mass is 79.9. The highest BCUT2D eigenvalue weighted by Gasteiger charge is 2.27. The second-order valence-corrected chi connectivity index (χ2v) is 8.26. The van der Waals surface area contributed by atoms with Gasteiger partial charge in [-0.3, -0.25) is 0 Å². The molecule has 1 aliphatic rings. The van der Waals surface area contributed by atoms with E-state index in [0.717, 1.165) is 27.0 Å². The molecule has 0 unspecified atom stereocenters. The van der Waals surface area contributed by atoms with Crippen LogP contribution in [0.2, 0.25) is 0 Å². The molecule has 4 heteroatoms. The first-order valence-corrected chi connectivity index (χ1v) is 10.4. The van der Waals surface area contributed by atoms with Gasteiger partial charge in [0.2, 0.25) is 0 Å². The van der Waals surface area contributed by atoms with Crippen LogP contribution < -0.4 is 9.80 Å². The molecule has 1 aliphatic heterocycles. The van der Waals surface area contributed by atoms with E-state index in [0.29, 0.717) is 0 Å².